The zero-order chi connectivity index (χ0) is 24.1. The first kappa shape index (κ1) is 21.6. The largest absolute Gasteiger partial charge is 0.115 e. The molecule has 0 heteroatoms. The van der Waals surface area contributed by atoms with Crippen LogP contribution in [0, 0.1) is 85.9 Å². The van der Waals surface area contributed by atoms with Crippen molar-refractivity contribution in [3.63, 3.8) is 0 Å². The summed E-state index contributed by atoms with van der Waals surface area (Å²) in [4.78, 5) is 0. The second kappa shape index (κ2) is 7.69. The van der Waals surface area contributed by atoms with Crippen LogP contribution in [0.25, 0.3) is 0 Å². The van der Waals surface area contributed by atoms with Gasteiger partial charge in [0.05, 0.1) is 5.56 Å². The van der Waals surface area contributed by atoms with E-state index >= 15 is 0 Å². The van der Waals surface area contributed by atoms with Gasteiger partial charge in [0.15, 0.2) is 0 Å². The molecule has 0 spiro atoms. The predicted molar refractivity (Wildman–Crippen MR) is 139 cm³/mol. The van der Waals surface area contributed by atoms with Gasteiger partial charge in [-0.3, -0.25) is 0 Å². The molecular formula is C34H24. The minimum absolute atomic E-state index is 0.0125. The lowest BCUT2D eigenvalue weighted by Crippen LogP contribution is -2.56. The highest BCUT2D eigenvalue weighted by atomic mass is 14.6. The molecule has 2 aromatic carbocycles. The molecule has 0 heterocycles. The minimum Gasteiger partial charge on any atom is -0.115 e. The standard InChI is InChI=1S/C34H24/c1-7-25-14-29(11-5)32(17-26(25)8-2)34-20-23-13-24(21-34)19-33(18-23,22-34)30-15-27(9-3)31(12-6)28(10-4)16-30/h1-6,14-17,23-24H,13,18-22H2. The van der Waals surface area contributed by atoms with Gasteiger partial charge in [-0.2, -0.15) is 0 Å². The molecule has 0 radical (unpaired) electrons. The summed E-state index contributed by atoms with van der Waals surface area (Å²) < 4.78 is 0. The molecule has 0 N–H and O–H groups in total. The Morgan fingerprint density at radius 2 is 1.06 bits per heavy atom. The fraction of sp³-hybridized carbons (Fsp3) is 0.294. The zero-order valence-electron chi connectivity index (χ0n) is 19.2. The van der Waals surface area contributed by atoms with Crippen LogP contribution >= 0.6 is 0 Å². The van der Waals surface area contributed by atoms with Crippen LogP contribution in [-0.2, 0) is 10.8 Å². The van der Waals surface area contributed by atoms with Crippen molar-refractivity contribution in [1.82, 2.24) is 0 Å². The molecule has 2 atom stereocenters. The molecule has 160 valence electrons. The topological polar surface area (TPSA) is 0 Å². The molecule has 0 nitrogen and oxygen atoms in total. The van der Waals surface area contributed by atoms with Gasteiger partial charge >= 0.3 is 0 Å². The SMILES string of the molecule is C#Cc1cc(C#C)c(C23CC4CC(CC(c5cc(C#C)c(C#C)c(C#C)c5)(C4)C2)C3)cc1C#C. The molecule has 0 amide bonds. The van der Waals surface area contributed by atoms with Gasteiger partial charge in [0.1, 0.15) is 0 Å². The molecule has 4 bridgehead atoms. The molecular weight excluding hydrogens is 408 g/mol. The summed E-state index contributed by atoms with van der Waals surface area (Å²) in [7, 11) is 0. The van der Waals surface area contributed by atoms with Gasteiger partial charge in [0.2, 0.25) is 0 Å². The Labute approximate surface area is 203 Å². The van der Waals surface area contributed by atoms with Crippen LogP contribution in [0.15, 0.2) is 24.3 Å². The molecule has 2 unspecified atom stereocenters. The second-order valence-electron chi connectivity index (χ2n) is 10.3. The summed E-state index contributed by atoms with van der Waals surface area (Å²) in [5.41, 5.74) is 6.66. The van der Waals surface area contributed by atoms with Gasteiger partial charge in [0.25, 0.3) is 0 Å². The van der Waals surface area contributed by atoms with E-state index in [2.05, 4.69) is 53.7 Å². The Morgan fingerprint density at radius 3 is 1.56 bits per heavy atom. The van der Waals surface area contributed by atoms with Gasteiger partial charge in [-0.25, -0.2) is 0 Å². The Morgan fingerprint density at radius 1 is 0.559 bits per heavy atom. The quantitative estimate of drug-likeness (QED) is 0.560. The monoisotopic (exact) mass is 432 g/mol. The van der Waals surface area contributed by atoms with E-state index in [0.717, 1.165) is 43.2 Å². The molecule has 6 rings (SSSR count). The maximum Gasteiger partial charge on any atom is 0.0555 e. The van der Waals surface area contributed by atoms with Gasteiger partial charge < -0.3 is 0 Å². The fourth-order valence-corrected chi connectivity index (χ4v) is 7.64. The third-order valence-electron chi connectivity index (χ3n) is 8.46. The Hall–Kier alpha value is -4.20. The lowest BCUT2D eigenvalue weighted by molar-refractivity contribution is -0.0282. The molecule has 0 aliphatic heterocycles. The van der Waals surface area contributed by atoms with E-state index in [-0.39, 0.29) is 10.8 Å². The summed E-state index contributed by atoms with van der Waals surface area (Å²) in [6, 6.07) is 8.22. The van der Waals surface area contributed by atoms with Crippen molar-refractivity contribution < 1.29 is 0 Å². The van der Waals surface area contributed by atoms with Crippen molar-refractivity contribution in [3.8, 4) is 74.1 Å². The summed E-state index contributed by atoms with van der Waals surface area (Å²) in [6.07, 6.45) is 41.8. The summed E-state index contributed by atoms with van der Waals surface area (Å²) in [6.45, 7) is 0. The lowest BCUT2D eigenvalue weighted by Gasteiger charge is -2.63. The normalized spacial score (nSPS) is 27.9. The van der Waals surface area contributed by atoms with Crippen LogP contribution in [0.5, 0.6) is 0 Å². The number of hydrogen-bond donors (Lipinski definition) is 0. The summed E-state index contributed by atoms with van der Waals surface area (Å²) in [5, 5.41) is 0. The average molecular weight is 433 g/mol. The van der Waals surface area contributed by atoms with Crippen LogP contribution in [0.1, 0.15) is 83.0 Å². The van der Waals surface area contributed by atoms with E-state index in [0.29, 0.717) is 34.1 Å². The minimum atomic E-state index is -0.0398. The molecule has 0 saturated heterocycles. The van der Waals surface area contributed by atoms with E-state index in [9.17, 15) is 0 Å². The highest BCUT2D eigenvalue weighted by molar-refractivity contribution is 5.62. The van der Waals surface area contributed by atoms with Crippen LogP contribution in [-0.4, -0.2) is 0 Å². The summed E-state index contributed by atoms with van der Waals surface area (Å²) in [5.74, 6) is 17.9. The Bertz CT molecular complexity index is 1430. The van der Waals surface area contributed by atoms with Gasteiger partial charge in [-0.15, -0.1) is 38.5 Å². The van der Waals surface area contributed by atoms with Crippen molar-refractivity contribution in [2.45, 2.75) is 49.4 Å². The third-order valence-corrected chi connectivity index (χ3v) is 8.46. The maximum absolute atomic E-state index is 6.00. The van der Waals surface area contributed by atoms with Gasteiger partial charge in [-0.1, -0.05) is 35.5 Å². The van der Waals surface area contributed by atoms with Crippen molar-refractivity contribution in [2.75, 3.05) is 0 Å². The van der Waals surface area contributed by atoms with Crippen LogP contribution < -0.4 is 0 Å². The number of rotatable bonds is 2. The smallest absolute Gasteiger partial charge is 0.0555 e. The van der Waals surface area contributed by atoms with Crippen molar-refractivity contribution in [1.29, 1.82) is 0 Å². The number of terminal acetylenes is 6. The molecule has 4 saturated carbocycles. The van der Waals surface area contributed by atoms with Crippen LogP contribution in [0.4, 0.5) is 0 Å². The van der Waals surface area contributed by atoms with E-state index in [1.165, 1.54) is 17.5 Å². The molecule has 4 aliphatic carbocycles. The third kappa shape index (κ3) is 2.98. The van der Waals surface area contributed by atoms with E-state index in [1.807, 2.05) is 6.07 Å². The first-order valence-corrected chi connectivity index (χ1v) is 11.6. The van der Waals surface area contributed by atoms with Gasteiger partial charge in [-0.05, 0) is 96.6 Å². The Balaban J connectivity index is 1.71. The lowest BCUT2D eigenvalue weighted by atomic mass is 9.41. The first-order valence-electron chi connectivity index (χ1n) is 11.6. The number of benzene rings is 2. The van der Waals surface area contributed by atoms with Crippen LogP contribution in [0.2, 0.25) is 0 Å². The van der Waals surface area contributed by atoms with Crippen molar-refractivity contribution in [2.24, 2.45) is 11.8 Å². The van der Waals surface area contributed by atoms with E-state index in [1.54, 1.807) is 0 Å². The first-order chi connectivity index (χ1) is 16.4. The molecule has 4 aliphatic rings. The van der Waals surface area contributed by atoms with Crippen molar-refractivity contribution in [3.05, 3.63) is 68.8 Å². The van der Waals surface area contributed by atoms with Crippen LogP contribution in [0.3, 0.4) is 0 Å². The predicted octanol–water partition coefficient (Wildman–Crippen LogP) is 5.36. The zero-order valence-corrected chi connectivity index (χ0v) is 19.2. The summed E-state index contributed by atoms with van der Waals surface area (Å²) >= 11 is 0. The molecule has 4 fully saturated rings. The number of hydrogen-bond acceptors (Lipinski definition) is 0. The molecule has 0 aromatic heterocycles. The highest BCUT2D eigenvalue weighted by Gasteiger charge is 2.59. The maximum atomic E-state index is 6.00. The molecule has 2 aromatic rings. The fourth-order valence-electron chi connectivity index (χ4n) is 7.64. The Kier molecular flexibility index (Phi) is 4.89. The second-order valence-corrected chi connectivity index (χ2v) is 10.3. The van der Waals surface area contributed by atoms with Gasteiger partial charge in [0, 0.05) is 27.8 Å². The van der Waals surface area contributed by atoms with E-state index < -0.39 is 0 Å². The average Bonchev–Trinajstić information content (AvgIpc) is 2.85. The van der Waals surface area contributed by atoms with Crippen molar-refractivity contribution >= 4 is 0 Å². The van der Waals surface area contributed by atoms with E-state index in [4.69, 9.17) is 38.5 Å². The highest BCUT2D eigenvalue weighted by Crippen LogP contribution is 2.66. The molecule has 34 heavy (non-hydrogen) atoms.